The first kappa shape index (κ1) is 21.3. The Morgan fingerprint density at radius 1 is 1.15 bits per heavy atom. The summed E-state index contributed by atoms with van der Waals surface area (Å²) < 4.78 is 25.3. The largest absolute Gasteiger partial charge is 0.488 e. The molecule has 1 aromatic heterocycles. The van der Waals surface area contributed by atoms with Crippen molar-refractivity contribution in [3.63, 3.8) is 0 Å². The monoisotopic (exact) mass is 448 g/mol. The number of amides is 1. The first-order chi connectivity index (χ1) is 16.1. The minimum atomic E-state index is -0.410. The fourth-order valence-electron chi connectivity index (χ4n) is 4.54. The summed E-state index contributed by atoms with van der Waals surface area (Å²) in [5, 5.41) is 3.13. The van der Waals surface area contributed by atoms with Gasteiger partial charge in [0.25, 0.3) is 5.91 Å². The molecule has 0 radical (unpaired) electrons. The van der Waals surface area contributed by atoms with Crippen LogP contribution in [0.2, 0.25) is 0 Å². The van der Waals surface area contributed by atoms with E-state index in [-0.39, 0.29) is 17.8 Å². The van der Waals surface area contributed by atoms with Crippen molar-refractivity contribution in [3.8, 4) is 5.75 Å². The fraction of sp³-hybridized carbons (Fsp3) is 0.320. The predicted octanol–water partition coefficient (Wildman–Crippen LogP) is 4.20. The van der Waals surface area contributed by atoms with Crippen LogP contribution in [0.15, 0.2) is 67.0 Å². The summed E-state index contributed by atoms with van der Waals surface area (Å²) in [5.41, 5.74) is 0.945. The normalized spacial score (nSPS) is 22.3. The van der Waals surface area contributed by atoms with Gasteiger partial charge in [-0.2, -0.15) is 0 Å². The highest BCUT2D eigenvalue weighted by Crippen LogP contribution is 2.36. The van der Waals surface area contributed by atoms with E-state index in [1.54, 1.807) is 30.6 Å². The molecule has 1 spiro atoms. The van der Waals surface area contributed by atoms with Gasteiger partial charge in [0.15, 0.2) is 0 Å². The molecule has 5 rings (SSSR count). The van der Waals surface area contributed by atoms with Crippen LogP contribution in [0.3, 0.4) is 0 Å². The average Bonchev–Trinajstić information content (AvgIpc) is 3.22. The molecule has 0 saturated carbocycles. The number of nitrogens with zero attached hydrogens (tertiary/aromatic N) is 3. The van der Waals surface area contributed by atoms with Crippen LogP contribution < -0.4 is 10.1 Å². The number of aromatic nitrogens is 2. The van der Waals surface area contributed by atoms with Crippen LogP contribution in [-0.4, -0.2) is 52.2 Å². The highest BCUT2D eigenvalue weighted by atomic mass is 19.1. The van der Waals surface area contributed by atoms with Crippen LogP contribution in [0.5, 0.6) is 5.75 Å². The Hall–Kier alpha value is -3.52. The van der Waals surface area contributed by atoms with Gasteiger partial charge in [-0.25, -0.2) is 14.4 Å². The molecular weight excluding hydrogens is 423 g/mol. The Morgan fingerprint density at radius 3 is 2.79 bits per heavy atom. The van der Waals surface area contributed by atoms with Gasteiger partial charge in [0.1, 0.15) is 17.7 Å². The molecule has 170 valence electrons. The Balaban J connectivity index is 1.24. The second-order valence-corrected chi connectivity index (χ2v) is 8.50. The number of halogens is 1. The topological polar surface area (TPSA) is 76.6 Å². The number of rotatable bonds is 5. The highest BCUT2D eigenvalue weighted by molar-refractivity contribution is 5.95. The lowest BCUT2D eigenvalue weighted by Crippen LogP contribution is -2.50. The first-order valence-corrected chi connectivity index (χ1v) is 11.1. The van der Waals surface area contributed by atoms with Gasteiger partial charge in [-0.3, -0.25) is 4.79 Å². The number of ether oxygens (including phenoxy) is 2. The molecule has 1 N–H and O–H groups in total. The van der Waals surface area contributed by atoms with E-state index < -0.39 is 5.60 Å². The van der Waals surface area contributed by atoms with E-state index in [0.717, 1.165) is 18.5 Å². The number of carbonyl (C=O) groups excluding carboxylic acids is 1. The number of hydrogen-bond acceptors (Lipinski definition) is 6. The van der Waals surface area contributed by atoms with Crippen molar-refractivity contribution < 1.29 is 18.7 Å². The molecular formula is C25H25FN4O3. The van der Waals surface area contributed by atoms with E-state index in [0.29, 0.717) is 43.4 Å². The maximum atomic E-state index is 13.3. The second-order valence-electron chi connectivity index (χ2n) is 8.50. The summed E-state index contributed by atoms with van der Waals surface area (Å²) in [6, 6.07) is 15.1. The van der Waals surface area contributed by atoms with E-state index >= 15 is 0 Å². The molecule has 3 aromatic rings. The van der Waals surface area contributed by atoms with Gasteiger partial charge in [-0.1, -0.05) is 6.07 Å². The van der Waals surface area contributed by atoms with Crippen molar-refractivity contribution in [2.45, 2.75) is 31.0 Å². The van der Waals surface area contributed by atoms with E-state index in [2.05, 4.69) is 15.3 Å². The third-order valence-electron chi connectivity index (χ3n) is 6.05. The summed E-state index contributed by atoms with van der Waals surface area (Å²) in [4.78, 5) is 23.5. The molecule has 3 heterocycles. The molecule has 0 bridgehead atoms. The summed E-state index contributed by atoms with van der Waals surface area (Å²) in [6.45, 7) is 1.66. The number of piperidine rings is 1. The lowest BCUT2D eigenvalue weighted by atomic mass is 9.89. The zero-order valence-corrected chi connectivity index (χ0v) is 18.1. The number of benzene rings is 2. The van der Waals surface area contributed by atoms with E-state index in [4.69, 9.17) is 9.47 Å². The van der Waals surface area contributed by atoms with Gasteiger partial charge in [-0.15, -0.1) is 0 Å². The third kappa shape index (κ3) is 4.96. The van der Waals surface area contributed by atoms with Crippen LogP contribution in [0, 0.1) is 5.82 Å². The van der Waals surface area contributed by atoms with Gasteiger partial charge in [0.2, 0.25) is 5.95 Å². The van der Waals surface area contributed by atoms with Gasteiger partial charge >= 0.3 is 0 Å². The van der Waals surface area contributed by atoms with Crippen LogP contribution in [0.4, 0.5) is 16.0 Å². The van der Waals surface area contributed by atoms with Crippen molar-refractivity contribution >= 4 is 17.5 Å². The Kier molecular flexibility index (Phi) is 5.92. The number of anilines is 2. The molecule has 2 saturated heterocycles. The first-order valence-electron chi connectivity index (χ1n) is 11.1. The van der Waals surface area contributed by atoms with E-state index in [9.17, 15) is 9.18 Å². The maximum Gasteiger partial charge on any atom is 0.254 e. The number of nitrogens with one attached hydrogen (secondary N) is 1. The van der Waals surface area contributed by atoms with Gasteiger partial charge < -0.3 is 19.7 Å². The molecule has 1 amide bonds. The second kappa shape index (κ2) is 9.15. The van der Waals surface area contributed by atoms with Crippen LogP contribution in [-0.2, 0) is 4.74 Å². The highest BCUT2D eigenvalue weighted by Gasteiger charge is 2.45. The lowest BCUT2D eigenvalue weighted by molar-refractivity contribution is -0.0453. The van der Waals surface area contributed by atoms with Crippen LogP contribution >= 0.6 is 0 Å². The number of likely N-dealkylation sites (tertiary alicyclic amines) is 1. The molecule has 33 heavy (non-hydrogen) atoms. The molecule has 0 unspecified atom stereocenters. The van der Waals surface area contributed by atoms with Gasteiger partial charge in [0, 0.05) is 36.6 Å². The predicted molar refractivity (Wildman–Crippen MR) is 121 cm³/mol. The Morgan fingerprint density at radius 2 is 1.97 bits per heavy atom. The quantitative estimate of drug-likeness (QED) is 0.630. The summed E-state index contributed by atoms with van der Waals surface area (Å²) in [6.07, 6.45) is 5.64. The summed E-state index contributed by atoms with van der Waals surface area (Å²) in [7, 11) is 0. The molecule has 0 aliphatic carbocycles. The number of hydrogen-bond donors (Lipinski definition) is 1. The molecule has 2 aliphatic rings. The molecule has 8 heteroatoms. The molecule has 2 atom stereocenters. The van der Waals surface area contributed by atoms with Crippen LogP contribution in [0.1, 0.15) is 29.6 Å². The SMILES string of the molecule is O=C(c1cccc(Nc2ncccn2)c1)N1CCC[C@]2(C[C@@H](Oc3ccc(F)cc3)CO2)C1. The number of carbonyl (C=O) groups is 1. The van der Waals surface area contributed by atoms with Crippen molar-refractivity contribution in [2.24, 2.45) is 0 Å². The van der Waals surface area contributed by atoms with Crippen LogP contribution in [0.25, 0.3) is 0 Å². The fourth-order valence-corrected chi connectivity index (χ4v) is 4.54. The van der Waals surface area contributed by atoms with E-state index in [1.807, 2.05) is 29.2 Å². The average molecular weight is 448 g/mol. The van der Waals surface area contributed by atoms with Gasteiger partial charge in [0.05, 0.1) is 18.8 Å². The Labute approximate surface area is 191 Å². The van der Waals surface area contributed by atoms with Gasteiger partial charge in [-0.05, 0) is 61.4 Å². The molecule has 2 aliphatic heterocycles. The molecule has 2 aromatic carbocycles. The third-order valence-corrected chi connectivity index (χ3v) is 6.05. The summed E-state index contributed by atoms with van der Waals surface area (Å²) >= 11 is 0. The lowest BCUT2D eigenvalue weighted by Gasteiger charge is -2.39. The van der Waals surface area contributed by atoms with Crippen molar-refractivity contribution in [1.29, 1.82) is 0 Å². The Bertz CT molecular complexity index is 1110. The smallest absolute Gasteiger partial charge is 0.254 e. The van der Waals surface area contributed by atoms with E-state index in [1.165, 1.54) is 12.1 Å². The molecule has 7 nitrogen and oxygen atoms in total. The summed E-state index contributed by atoms with van der Waals surface area (Å²) in [5.74, 6) is 0.778. The van der Waals surface area contributed by atoms with Crippen molar-refractivity contribution in [3.05, 3.63) is 78.4 Å². The minimum Gasteiger partial charge on any atom is -0.488 e. The minimum absolute atomic E-state index is 0.0294. The zero-order chi connectivity index (χ0) is 22.7. The van der Waals surface area contributed by atoms with Crippen molar-refractivity contribution in [2.75, 3.05) is 25.0 Å². The van der Waals surface area contributed by atoms with Crippen molar-refractivity contribution in [1.82, 2.24) is 14.9 Å². The zero-order valence-electron chi connectivity index (χ0n) is 18.1. The maximum absolute atomic E-state index is 13.3. The standard InChI is InChI=1S/C25H25FN4O3/c26-19-6-8-21(9-7-19)33-22-15-25(32-16-22)10-2-13-30(17-25)23(31)18-4-1-5-20(14-18)29-24-27-11-3-12-28-24/h1,3-9,11-12,14,22H,2,10,13,15-17H2,(H,27,28,29)/t22-,25+/m1/s1. The molecule has 2 fully saturated rings.